The van der Waals surface area contributed by atoms with E-state index in [2.05, 4.69) is 72.0 Å². The summed E-state index contributed by atoms with van der Waals surface area (Å²) < 4.78 is 10.8. The summed E-state index contributed by atoms with van der Waals surface area (Å²) in [6, 6.07) is 8.78. The molecule has 0 aliphatic carbocycles. The predicted octanol–water partition coefficient (Wildman–Crippen LogP) is 2.84. The van der Waals surface area contributed by atoms with Gasteiger partial charge in [-0.2, -0.15) is 4.98 Å². The van der Waals surface area contributed by atoms with Crippen molar-refractivity contribution < 1.29 is 9.26 Å². The molecule has 0 amide bonds. The molecule has 1 aliphatic rings. The molecule has 0 radical (unpaired) electrons. The molecule has 25 heavy (non-hydrogen) atoms. The first kappa shape index (κ1) is 17.9. The fourth-order valence-corrected chi connectivity index (χ4v) is 2.87. The van der Waals surface area contributed by atoms with Crippen molar-refractivity contribution in [1.29, 1.82) is 0 Å². The minimum atomic E-state index is -0.112. The van der Waals surface area contributed by atoms with Gasteiger partial charge in [0.1, 0.15) is 0 Å². The van der Waals surface area contributed by atoms with E-state index in [1.807, 2.05) is 0 Å². The van der Waals surface area contributed by atoms with Crippen LogP contribution in [0.1, 0.15) is 38.0 Å². The zero-order valence-electron chi connectivity index (χ0n) is 15.7. The topological polar surface area (TPSA) is 54.6 Å². The van der Waals surface area contributed by atoms with Gasteiger partial charge in [0.05, 0.1) is 19.8 Å². The van der Waals surface area contributed by atoms with Gasteiger partial charge in [-0.05, 0) is 24.7 Å². The largest absolute Gasteiger partial charge is 0.378 e. The van der Waals surface area contributed by atoms with Crippen molar-refractivity contribution in [2.24, 2.45) is 0 Å². The number of anilines is 1. The van der Waals surface area contributed by atoms with E-state index >= 15 is 0 Å². The highest BCUT2D eigenvalue weighted by Gasteiger charge is 2.22. The highest BCUT2D eigenvalue weighted by molar-refractivity contribution is 5.47. The summed E-state index contributed by atoms with van der Waals surface area (Å²) in [6.07, 6.45) is 0. The zero-order valence-corrected chi connectivity index (χ0v) is 15.7. The van der Waals surface area contributed by atoms with Gasteiger partial charge in [-0.25, -0.2) is 0 Å². The number of hydrogen-bond acceptors (Lipinski definition) is 6. The van der Waals surface area contributed by atoms with Crippen molar-refractivity contribution >= 4 is 5.69 Å². The highest BCUT2D eigenvalue weighted by Crippen LogP contribution is 2.20. The van der Waals surface area contributed by atoms with Gasteiger partial charge in [0.25, 0.3) is 0 Å². The Labute approximate surface area is 149 Å². The molecule has 6 nitrogen and oxygen atoms in total. The number of nitrogens with zero attached hydrogens (tertiary/aromatic N) is 4. The van der Waals surface area contributed by atoms with Crippen LogP contribution in [0.2, 0.25) is 0 Å². The summed E-state index contributed by atoms with van der Waals surface area (Å²) in [6.45, 7) is 11.3. The lowest BCUT2D eigenvalue weighted by atomic mass is 9.97. The summed E-state index contributed by atoms with van der Waals surface area (Å²) in [5.41, 5.74) is 2.43. The zero-order chi connectivity index (χ0) is 17.9. The van der Waals surface area contributed by atoms with Crippen LogP contribution in [0.25, 0.3) is 0 Å². The maximum absolute atomic E-state index is 5.41. The highest BCUT2D eigenvalue weighted by atomic mass is 16.5. The number of aromatic nitrogens is 2. The Kier molecular flexibility index (Phi) is 5.39. The number of hydrogen-bond donors (Lipinski definition) is 0. The first-order valence-electron chi connectivity index (χ1n) is 8.85. The third-order valence-electron chi connectivity index (χ3n) is 4.29. The lowest BCUT2D eigenvalue weighted by Crippen LogP contribution is -2.36. The van der Waals surface area contributed by atoms with Crippen molar-refractivity contribution in [2.75, 3.05) is 38.3 Å². The third kappa shape index (κ3) is 4.80. The molecule has 0 spiro atoms. The van der Waals surface area contributed by atoms with Crippen LogP contribution in [0, 0.1) is 0 Å². The van der Waals surface area contributed by atoms with Gasteiger partial charge >= 0.3 is 0 Å². The number of ether oxygens (including phenoxy) is 1. The van der Waals surface area contributed by atoms with E-state index in [4.69, 9.17) is 9.26 Å². The Bertz CT molecular complexity index is 669. The van der Waals surface area contributed by atoms with Crippen LogP contribution in [0.3, 0.4) is 0 Å². The van der Waals surface area contributed by atoms with Crippen molar-refractivity contribution in [3.8, 4) is 0 Å². The van der Waals surface area contributed by atoms with Crippen LogP contribution in [0.15, 0.2) is 28.8 Å². The monoisotopic (exact) mass is 344 g/mol. The maximum atomic E-state index is 5.41. The minimum absolute atomic E-state index is 0.112. The second-order valence-corrected chi connectivity index (χ2v) is 7.70. The van der Waals surface area contributed by atoms with Gasteiger partial charge < -0.3 is 14.2 Å². The molecule has 2 heterocycles. The molecule has 1 saturated heterocycles. The molecule has 136 valence electrons. The minimum Gasteiger partial charge on any atom is -0.378 e. The second-order valence-electron chi connectivity index (χ2n) is 7.70. The van der Waals surface area contributed by atoms with Crippen molar-refractivity contribution in [2.45, 2.75) is 39.3 Å². The number of rotatable bonds is 5. The standard InChI is InChI=1S/C19H28N4O2/c1-19(2,3)18-20-17(21-25-18)14-22(4)13-15-5-7-16(8-6-15)23-9-11-24-12-10-23/h5-8H,9-14H2,1-4H3. The van der Waals surface area contributed by atoms with Crippen LogP contribution in [-0.2, 0) is 23.2 Å². The van der Waals surface area contributed by atoms with Crippen LogP contribution in [-0.4, -0.2) is 48.4 Å². The third-order valence-corrected chi connectivity index (χ3v) is 4.29. The molecule has 0 bridgehead atoms. The maximum Gasteiger partial charge on any atom is 0.232 e. The smallest absolute Gasteiger partial charge is 0.232 e. The molecule has 0 unspecified atom stereocenters. The SMILES string of the molecule is CN(Cc1ccc(N2CCOCC2)cc1)Cc1noc(C(C)(C)C)n1. The molecule has 0 saturated carbocycles. The Morgan fingerprint density at radius 2 is 1.76 bits per heavy atom. The number of benzene rings is 1. The Hall–Kier alpha value is -1.92. The van der Waals surface area contributed by atoms with E-state index in [1.54, 1.807) is 0 Å². The van der Waals surface area contributed by atoms with E-state index in [-0.39, 0.29) is 5.41 Å². The van der Waals surface area contributed by atoms with Gasteiger partial charge in [0.2, 0.25) is 5.89 Å². The molecular weight excluding hydrogens is 316 g/mol. The first-order chi connectivity index (χ1) is 11.9. The van der Waals surface area contributed by atoms with Gasteiger partial charge in [-0.1, -0.05) is 38.1 Å². The summed E-state index contributed by atoms with van der Waals surface area (Å²) in [7, 11) is 2.07. The molecule has 0 atom stereocenters. The van der Waals surface area contributed by atoms with Crippen LogP contribution < -0.4 is 4.90 Å². The fraction of sp³-hybridized carbons (Fsp3) is 0.579. The van der Waals surface area contributed by atoms with Gasteiger partial charge in [-0.15, -0.1) is 0 Å². The van der Waals surface area contributed by atoms with Crippen molar-refractivity contribution in [3.05, 3.63) is 41.5 Å². The van der Waals surface area contributed by atoms with Crippen LogP contribution in [0.5, 0.6) is 0 Å². The molecule has 1 aromatic carbocycles. The molecule has 2 aromatic rings. The summed E-state index contributed by atoms with van der Waals surface area (Å²) in [5, 5.41) is 4.09. The first-order valence-corrected chi connectivity index (χ1v) is 8.85. The quantitative estimate of drug-likeness (QED) is 0.831. The lowest BCUT2D eigenvalue weighted by molar-refractivity contribution is 0.122. The van der Waals surface area contributed by atoms with E-state index in [1.165, 1.54) is 11.3 Å². The van der Waals surface area contributed by atoms with Crippen molar-refractivity contribution in [1.82, 2.24) is 15.0 Å². The number of morpholine rings is 1. The van der Waals surface area contributed by atoms with E-state index in [0.717, 1.165) is 38.7 Å². The van der Waals surface area contributed by atoms with E-state index in [9.17, 15) is 0 Å². The molecule has 0 N–H and O–H groups in total. The predicted molar refractivity (Wildman–Crippen MR) is 97.6 cm³/mol. The van der Waals surface area contributed by atoms with Gasteiger partial charge in [0.15, 0.2) is 5.82 Å². The molecule has 6 heteroatoms. The fourth-order valence-electron chi connectivity index (χ4n) is 2.87. The lowest BCUT2D eigenvalue weighted by Gasteiger charge is -2.29. The average Bonchev–Trinajstić information content (AvgIpc) is 3.05. The molecule has 1 aliphatic heterocycles. The normalized spacial score (nSPS) is 15.8. The second kappa shape index (κ2) is 7.54. The molecule has 1 aromatic heterocycles. The Morgan fingerprint density at radius 3 is 2.36 bits per heavy atom. The van der Waals surface area contributed by atoms with Crippen LogP contribution >= 0.6 is 0 Å². The summed E-state index contributed by atoms with van der Waals surface area (Å²) in [4.78, 5) is 9.06. The van der Waals surface area contributed by atoms with Gasteiger partial charge in [0, 0.05) is 30.7 Å². The van der Waals surface area contributed by atoms with Crippen molar-refractivity contribution in [3.63, 3.8) is 0 Å². The summed E-state index contributed by atoms with van der Waals surface area (Å²) >= 11 is 0. The van der Waals surface area contributed by atoms with Gasteiger partial charge in [-0.3, -0.25) is 4.90 Å². The van der Waals surface area contributed by atoms with E-state index < -0.39 is 0 Å². The average molecular weight is 344 g/mol. The van der Waals surface area contributed by atoms with Crippen LogP contribution in [0.4, 0.5) is 5.69 Å². The van der Waals surface area contributed by atoms with E-state index in [0.29, 0.717) is 12.4 Å². The summed E-state index contributed by atoms with van der Waals surface area (Å²) in [5.74, 6) is 1.42. The Balaban J connectivity index is 1.55. The molecule has 3 rings (SSSR count). The molecular formula is C19H28N4O2. The molecule has 1 fully saturated rings. The Morgan fingerprint density at radius 1 is 1.08 bits per heavy atom.